The first kappa shape index (κ1) is 15.3. The molecule has 0 radical (unpaired) electrons. The molecule has 1 aromatic carbocycles. The van der Waals surface area contributed by atoms with Crippen LogP contribution in [0.15, 0.2) is 18.2 Å². The maximum atomic E-state index is 13.0. The number of benzene rings is 1. The zero-order valence-electron chi connectivity index (χ0n) is 11.4. The van der Waals surface area contributed by atoms with E-state index in [2.05, 4.69) is 12.2 Å². The topological polar surface area (TPSA) is 12.0 Å². The minimum absolute atomic E-state index is 0.108. The lowest BCUT2D eigenvalue weighted by Gasteiger charge is -2.28. The molecular formula is C15H19F4N. The second-order valence-corrected chi connectivity index (χ2v) is 5.65. The molecule has 0 spiro atoms. The van der Waals surface area contributed by atoms with E-state index in [9.17, 15) is 17.6 Å². The predicted octanol–water partition coefficient (Wildman–Crippen LogP) is 4.51. The van der Waals surface area contributed by atoms with Gasteiger partial charge in [0.15, 0.2) is 0 Å². The van der Waals surface area contributed by atoms with Crippen molar-refractivity contribution in [2.24, 2.45) is 5.92 Å². The van der Waals surface area contributed by atoms with Gasteiger partial charge in [0.25, 0.3) is 0 Å². The fraction of sp³-hybridized carbons (Fsp3) is 0.600. The summed E-state index contributed by atoms with van der Waals surface area (Å²) in [5, 5.41) is 3.18. The number of nitrogens with one attached hydrogen (secondary N) is 1. The molecule has 0 aliphatic heterocycles. The molecule has 1 fully saturated rings. The van der Waals surface area contributed by atoms with Crippen molar-refractivity contribution in [3.63, 3.8) is 0 Å². The lowest BCUT2D eigenvalue weighted by molar-refractivity contribution is -0.138. The van der Waals surface area contributed by atoms with Gasteiger partial charge in [-0.15, -0.1) is 0 Å². The molecule has 112 valence electrons. The molecule has 0 bridgehead atoms. The van der Waals surface area contributed by atoms with Crippen LogP contribution in [0.3, 0.4) is 0 Å². The molecule has 1 saturated carbocycles. The number of rotatable bonds is 3. The van der Waals surface area contributed by atoms with Crippen molar-refractivity contribution < 1.29 is 17.6 Å². The van der Waals surface area contributed by atoms with Gasteiger partial charge in [-0.3, -0.25) is 0 Å². The molecule has 2 unspecified atom stereocenters. The van der Waals surface area contributed by atoms with Gasteiger partial charge < -0.3 is 5.32 Å². The molecule has 0 heterocycles. The highest BCUT2D eigenvalue weighted by Crippen LogP contribution is 2.33. The van der Waals surface area contributed by atoms with Crippen molar-refractivity contribution in [1.29, 1.82) is 0 Å². The Morgan fingerprint density at radius 3 is 2.65 bits per heavy atom. The molecule has 1 aromatic rings. The van der Waals surface area contributed by atoms with Gasteiger partial charge in [-0.1, -0.05) is 25.8 Å². The van der Waals surface area contributed by atoms with E-state index < -0.39 is 17.6 Å². The monoisotopic (exact) mass is 289 g/mol. The minimum Gasteiger partial charge on any atom is -0.310 e. The summed E-state index contributed by atoms with van der Waals surface area (Å²) in [7, 11) is 0. The van der Waals surface area contributed by atoms with Crippen LogP contribution in [0.5, 0.6) is 0 Å². The number of hydrogen-bond acceptors (Lipinski definition) is 1. The second-order valence-electron chi connectivity index (χ2n) is 5.65. The van der Waals surface area contributed by atoms with E-state index in [1.165, 1.54) is 12.5 Å². The van der Waals surface area contributed by atoms with Gasteiger partial charge in [0.05, 0.1) is 5.56 Å². The fourth-order valence-electron chi connectivity index (χ4n) is 2.84. The average molecular weight is 289 g/mol. The van der Waals surface area contributed by atoms with Gasteiger partial charge in [0.1, 0.15) is 5.82 Å². The third kappa shape index (κ3) is 3.95. The molecular weight excluding hydrogens is 270 g/mol. The van der Waals surface area contributed by atoms with E-state index >= 15 is 0 Å². The Labute approximate surface area is 116 Å². The molecule has 1 aliphatic rings. The van der Waals surface area contributed by atoms with Gasteiger partial charge in [-0.05, 0) is 36.5 Å². The molecule has 0 amide bonds. The highest BCUT2D eigenvalue weighted by Gasteiger charge is 2.33. The highest BCUT2D eigenvalue weighted by molar-refractivity contribution is 5.30. The molecule has 2 rings (SSSR count). The molecule has 1 nitrogen and oxygen atoms in total. The number of alkyl halides is 3. The standard InChI is InChI=1S/C15H19F4N/c1-10-3-2-4-13(7-10)20-9-11-5-6-12(16)8-14(11)15(17,18)19/h5-6,8,10,13,20H,2-4,7,9H2,1H3. The Hall–Kier alpha value is -1.10. The fourth-order valence-corrected chi connectivity index (χ4v) is 2.84. The Balaban J connectivity index is 2.05. The normalized spacial score (nSPS) is 23.9. The minimum atomic E-state index is -4.51. The second kappa shape index (κ2) is 6.12. The Kier molecular flexibility index (Phi) is 4.68. The molecule has 1 N–H and O–H groups in total. The zero-order valence-corrected chi connectivity index (χ0v) is 11.4. The van der Waals surface area contributed by atoms with E-state index in [0.717, 1.165) is 25.3 Å². The van der Waals surface area contributed by atoms with Gasteiger partial charge in [-0.25, -0.2) is 4.39 Å². The summed E-state index contributed by atoms with van der Waals surface area (Å²) in [5.74, 6) is -0.246. The Morgan fingerprint density at radius 1 is 1.25 bits per heavy atom. The summed E-state index contributed by atoms with van der Waals surface area (Å²) in [5.41, 5.74) is -0.772. The number of halogens is 4. The van der Waals surface area contributed by atoms with Crippen molar-refractivity contribution in [1.82, 2.24) is 5.32 Å². The third-order valence-corrected chi connectivity index (χ3v) is 3.89. The maximum Gasteiger partial charge on any atom is 0.416 e. The largest absolute Gasteiger partial charge is 0.416 e. The van der Waals surface area contributed by atoms with Gasteiger partial charge in [0.2, 0.25) is 0 Å². The summed E-state index contributed by atoms with van der Waals surface area (Å²) >= 11 is 0. The summed E-state index contributed by atoms with van der Waals surface area (Å²) in [4.78, 5) is 0. The van der Waals surface area contributed by atoms with E-state index in [4.69, 9.17) is 0 Å². The van der Waals surface area contributed by atoms with Crippen LogP contribution in [0.25, 0.3) is 0 Å². The SMILES string of the molecule is CC1CCCC(NCc2ccc(F)cc2C(F)(F)F)C1. The first-order valence-corrected chi connectivity index (χ1v) is 6.95. The van der Waals surface area contributed by atoms with Crippen molar-refractivity contribution in [3.05, 3.63) is 35.1 Å². The average Bonchev–Trinajstić information content (AvgIpc) is 2.36. The van der Waals surface area contributed by atoms with E-state index in [1.807, 2.05) is 0 Å². The Bertz CT molecular complexity index is 456. The maximum absolute atomic E-state index is 13.0. The number of hydrogen-bond donors (Lipinski definition) is 1. The van der Waals surface area contributed by atoms with E-state index in [-0.39, 0.29) is 18.2 Å². The molecule has 0 saturated heterocycles. The van der Waals surface area contributed by atoms with Crippen LogP contribution >= 0.6 is 0 Å². The van der Waals surface area contributed by atoms with Crippen LogP contribution < -0.4 is 5.32 Å². The first-order valence-electron chi connectivity index (χ1n) is 6.95. The highest BCUT2D eigenvalue weighted by atomic mass is 19.4. The first-order chi connectivity index (χ1) is 9.36. The summed E-state index contributed by atoms with van der Waals surface area (Å²) < 4.78 is 51.6. The van der Waals surface area contributed by atoms with Gasteiger partial charge in [-0.2, -0.15) is 13.2 Å². The van der Waals surface area contributed by atoms with Crippen molar-refractivity contribution in [2.45, 2.75) is 51.4 Å². The third-order valence-electron chi connectivity index (χ3n) is 3.89. The summed E-state index contributed by atoms with van der Waals surface area (Å²) in [6.07, 6.45) is -0.245. The lowest BCUT2D eigenvalue weighted by atomic mass is 9.87. The van der Waals surface area contributed by atoms with Gasteiger partial charge in [0, 0.05) is 12.6 Å². The van der Waals surface area contributed by atoms with Crippen LogP contribution in [0.4, 0.5) is 17.6 Å². The molecule has 0 aromatic heterocycles. The van der Waals surface area contributed by atoms with Crippen molar-refractivity contribution in [3.8, 4) is 0 Å². The van der Waals surface area contributed by atoms with Crippen LogP contribution in [0.2, 0.25) is 0 Å². The summed E-state index contributed by atoms with van der Waals surface area (Å²) in [6.45, 7) is 2.29. The van der Waals surface area contributed by atoms with Crippen LogP contribution in [-0.2, 0) is 12.7 Å². The van der Waals surface area contributed by atoms with Crippen molar-refractivity contribution in [2.75, 3.05) is 0 Å². The molecule has 1 aliphatic carbocycles. The van der Waals surface area contributed by atoms with E-state index in [0.29, 0.717) is 12.0 Å². The van der Waals surface area contributed by atoms with E-state index in [1.54, 1.807) is 0 Å². The smallest absolute Gasteiger partial charge is 0.310 e. The van der Waals surface area contributed by atoms with Crippen LogP contribution in [0, 0.1) is 11.7 Å². The van der Waals surface area contributed by atoms with Gasteiger partial charge >= 0.3 is 6.18 Å². The molecule has 5 heteroatoms. The summed E-state index contributed by atoms with van der Waals surface area (Å²) in [6, 6.07) is 3.12. The predicted molar refractivity (Wildman–Crippen MR) is 69.7 cm³/mol. The lowest BCUT2D eigenvalue weighted by Crippen LogP contribution is -2.33. The molecule has 20 heavy (non-hydrogen) atoms. The quantitative estimate of drug-likeness (QED) is 0.807. The van der Waals surface area contributed by atoms with Crippen LogP contribution in [-0.4, -0.2) is 6.04 Å². The molecule has 2 atom stereocenters. The van der Waals surface area contributed by atoms with Crippen molar-refractivity contribution >= 4 is 0 Å². The van der Waals surface area contributed by atoms with Crippen LogP contribution in [0.1, 0.15) is 43.7 Å². The zero-order chi connectivity index (χ0) is 14.8. The Morgan fingerprint density at radius 2 is 2.00 bits per heavy atom.